The van der Waals surface area contributed by atoms with E-state index >= 15 is 0 Å². The van der Waals surface area contributed by atoms with Gasteiger partial charge in [-0.15, -0.1) is 5.06 Å². The van der Waals surface area contributed by atoms with E-state index in [1.807, 2.05) is 4.90 Å². The molecule has 0 aromatic heterocycles. The average Bonchev–Trinajstić information content (AvgIpc) is 2.59. The van der Waals surface area contributed by atoms with Crippen molar-refractivity contribution in [3.63, 3.8) is 0 Å². The van der Waals surface area contributed by atoms with Gasteiger partial charge in [0, 0.05) is 49.3 Å². The van der Waals surface area contributed by atoms with Gasteiger partial charge < -0.3 is 15.1 Å². The molecular weight excluding hydrogens is 410 g/mol. The van der Waals surface area contributed by atoms with E-state index in [4.69, 9.17) is 0 Å². The molecule has 1 N–H and O–H groups in total. The highest BCUT2D eigenvalue weighted by Gasteiger charge is 2.52. The zero-order valence-electron chi connectivity index (χ0n) is 16.0. The van der Waals surface area contributed by atoms with Gasteiger partial charge in [-0.3, -0.25) is 9.59 Å². The van der Waals surface area contributed by atoms with E-state index in [0.29, 0.717) is 5.69 Å². The third kappa shape index (κ3) is 3.21. The SMILES string of the molecule is CC1(c2ccc(N3CC4(CNC4)C3)cc2F)CCC(=O)N(OC(=O)C(F)(F)F)C1=O. The second-order valence-corrected chi connectivity index (χ2v) is 8.33. The monoisotopic (exact) mass is 429 g/mol. The van der Waals surface area contributed by atoms with Crippen LogP contribution in [-0.4, -0.2) is 55.2 Å². The third-order valence-corrected chi connectivity index (χ3v) is 6.09. The van der Waals surface area contributed by atoms with Crippen LogP contribution in [-0.2, 0) is 24.6 Å². The standard InChI is InChI=1S/C19H19F4N3O4/c1-17(5-4-14(27)26(15(17)28)30-16(29)19(21,22)23)12-3-2-11(6-13(12)20)25-9-18(10-25)7-24-8-18/h2-3,6,24H,4-5,7-10H2,1H3. The number of alkyl halides is 3. The van der Waals surface area contributed by atoms with Crippen LogP contribution in [0.25, 0.3) is 0 Å². The van der Waals surface area contributed by atoms with Crippen molar-refractivity contribution in [1.29, 1.82) is 0 Å². The summed E-state index contributed by atoms with van der Waals surface area (Å²) in [6.07, 6.45) is -5.89. The molecule has 1 aromatic rings. The Morgan fingerprint density at radius 1 is 1.20 bits per heavy atom. The summed E-state index contributed by atoms with van der Waals surface area (Å²) in [6, 6.07) is 4.31. The first kappa shape index (κ1) is 20.6. The highest BCUT2D eigenvalue weighted by Crippen LogP contribution is 2.41. The molecule has 2 amide bonds. The smallest absolute Gasteiger partial charge is 0.370 e. The van der Waals surface area contributed by atoms with Gasteiger partial charge in [-0.2, -0.15) is 13.2 Å². The molecular formula is C19H19F4N3O4. The fourth-order valence-corrected chi connectivity index (χ4v) is 4.18. The Bertz CT molecular complexity index is 923. The Balaban J connectivity index is 1.55. The molecule has 7 nitrogen and oxygen atoms in total. The Hall–Kier alpha value is -2.69. The molecule has 0 saturated carbocycles. The molecule has 162 valence electrons. The topological polar surface area (TPSA) is 79.0 Å². The van der Waals surface area contributed by atoms with Gasteiger partial charge in [-0.05, 0) is 25.5 Å². The first-order chi connectivity index (χ1) is 14.0. The van der Waals surface area contributed by atoms with Crippen LogP contribution in [0.4, 0.5) is 23.2 Å². The van der Waals surface area contributed by atoms with Gasteiger partial charge in [0.2, 0.25) is 0 Å². The predicted molar refractivity (Wildman–Crippen MR) is 94.5 cm³/mol. The molecule has 1 aromatic carbocycles. The highest BCUT2D eigenvalue weighted by atomic mass is 19.4. The van der Waals surface area contributed by atoms with E-state index in [2.05, 4.69) is 10.2 Å². The number of halogens is 4. The van der Waals surface area contributed by atoms with Crippen molar-refractivity contribution in [3.8, 4) is 0 Å². The zero-order chi connectivity index (χ0) is 21.9. The van der Waals surface area contributed by atoms with Crippen molar-refractivity contribution in [3.05, 3.63) is 29.6 Å². The number of piperidine rings is 1. The van der Waals surface area contributed by atoms with Crippen LogP contribution >= 0.6 is 0 Å². The van der Waals surface area contributed by atoms with Gasteiger partial charge in [0.15, 0.2) is 0 Å². The van der Waals surface area contributed by atoms with E-state index in [1.54, 1.807) is 6.07 Å². The van der Waals surface area contributed by atoms with Crippen LogP contribution in [0.15, 0.2) is 18.2 Å². The summed E-state index contributed by atoms with van der Waals surface area (Å²) in [7, 11) is 0. The number of imide groups is 1. The molecule has 3 aliphatic rings. The Kier molecular flexibility index (Phi) is 4.57. The number of nitrogens with one attached hydrogen (secondary N) is 1. The normalized spacial score (nSPS) is 25.8. The molecule has 4 rings (SSSR count). The van der Waals surface area contributed by atoms with Crippen molar-refractivity contribution < 1.29 is 36.8 Å². The molecule has 3 aliphatic heterocycles. The minimum atomic E-state index is -5.38. The van der Waals surface area contributed by atoms with Gasteiger partial charge in [0.25, 0.3) is 11.8 Å². The molecule has 3 fully saturated rings. The largest absolute Gasteiger partial charge is 0.493 e. The quantitative estimate of drug-likeness (QED) is 0.582. The average molecular weight is 429 g/mol. The minimum absolute atomic E-state index is 0.0719. The van der Waals surface area contributed by atoms with Crippen LogP contribution in [0.3, 0.4) is 0 Å². The van der Waals surface area contributed by atoms with Crippen LogP contribution in [0.5, 0.6) is 0 Å². The van der Waals surface area contributed by atoms with Crippen molar-refractivity contribution in [1.82, 2.24) is 10.4 Å². The van der Waals surface area contributed by atoms with Crippen LogP contribution < -0.4 is 10.2 Å². The lowest BCUT2D eigenvalue weighted by Crippen LogP contribution is -2.71. The second kappa shape index (κ2) is 6.66. The van der Waals surface area contributed by atoms with E-state index in [9.17, 15) is 31.9 Å². The summed E-state index contributed by atoms with van der Waals surface area (Å²) < 4.78 is 52.4. The van der Waals surface area contributed by atoms with Crippen LogP contribution in [0.2, 0.25) is 0 Å². The molecule has 11 heteroatoms. The van der Waals surface area contributed by atoms with Gasteiger partial charge in [0.05, 0.1) is 5.41 Å². The Morgan fingerprint density at radius 2 is 1.87 bits per heavy atom. The summed E-state index contributed by atoms with van der Waals surface area (Å²) in [4.78, 5) is 41.8. The van der Waals surface area contributed by atoms with E-state index in [1.165, 1.54) is 19.1 Å². The molecule has 0 bridgehead atoms. The summed E-state index contributed by atoms with van der Waals surface area (Å²) >= 11 is 0. The maximum atomic E-state index is 15.0. The van der Waals surface area contributed by atoms with Gasteiger partial charge >= 0.3 is 12.1 Å². The lowest BCUT2D eigenvalue weighted by atomic mass is 9.73. The van der Waals surface area contributed by atoms with Crippen LogP contribution in [0.1, 0.15) is 25.3 Å². The Labute approximate surface area is 168 Å². The zero-order valence-corrected chi connectivity index (χ0v) is 16.0. The predicted octanol–water partition coefficient (Wildman–Crippen LogP) is 1.66. The first-order valence-corrected chi connectivity index (χ1v) is 9.37. The fourth-order valence-electron chi connectivity index (χ4n) is 4.18. The Morgan fingerprint density at radius 3 is 2.40 bits per heavy atom. The number of carbonyl (C=O) groups is 3. The van der Waals surface area contributed by atoms with Gasteiger partial charge in [-0.25, -0.2) is 9.18 Å². The number of rotatable bonds is 3. The molecule has 30 heavy (non-hydrogen) atoms. The number of benzene rings is 1. The number of amides is 2. The lowest BCUT2D eigenvalue weighted by Gasteiger charge is -2.57. The number of hydroxylamine groups is 2. The van der Waals surface area contributed by atoms with Crippen molar-refractivity contribution in [2.75, 3.05) is 31.1 Å². The van der Waals surface area contributed by atoms with E-state index in [0.717, 1.165) is 26.2 Å². The fraction of sp³-hybridized carbons (Fsp3) is 0.526. The number of anilines is 1. The minimum Gasteiger partial charge on any atom is -0.370 e. The summed E-state index contributed by atoms with van der Waals surface area (Å²) in [6.45, 7) is 4.70. The maximum Gasteiger partial charge on any atom is 0.493 e. The summed E-state index contributed by atoms with van der Waals surface area (Å²) in [5.41, 5.74) is -0.866. The summed E-state index contributed by atoms with van der Waals surface area (Å²) in [5, 5.41) is 3.00. The van der Waals surface area contributed by atoms with Gasteiger partial charge in [-0.1, -0.05) is 6.07 Å². The maximum absolute atomic E-state index is 15.0. The number of carbonyl (C=O) groups excluding carboxylic acids is 3. The van der Waals surface area contributed by atoms with Crippen LogP contribution in [0, 0.1) is 11.2 Å². The van der Waals surface area contributed by atoms with Crippen molar-refractivity contribution in [2.24, 2.45) is 5.41 Å². The molecule has 0 aliphatic carbocycles. The molecule has 1 spiro atoms. The van der Waals surface area contributed by atoms with Crippen molar-refractivity contribution in [2.45, 2.75) is 31.4 Å². The van der Waals surface area contributed by atoms with Crippen molar-refractivity contribution >= 4 is 23.5 Å². The molecule has 1 unspecified atom stereocenters. The lowest BCUT2D eigenvalue weighted by molar-refractivity contribution is -0.239. The van der Waals surface area contributed by atoms with Gasteiger partial charge in [0.1, 0.15) is 5.82 Å². The molecule has 0 radical (unpaired) electrons. The molecule has 3 heterocycles. The highest BCUT2D eigenvalue weighted by molar-refractivity contribution is 6.03. The molecule has 1 atom stereocenters. The number of hydrogen-bond acceptors (Lipinski definition) is 6. The number of nitrogens with zero attached hydrogens (tertiary/aromatic N) is 2. The second-order valence-electron chi connectivity index (χ2n) is 8.33. The third-order valence-electron chi connectivity index (χ3n) is 6.09. The molecule has 3 saturated heterocycles. The van der Waals surface area contributed by atoms with E-state index < -0.39 is 35.2 Å². The van der Waals surface area contributed by atoms with E-state index in [-0.39, 0.29) is 28.9 Å². The first-order valence-electron chi connectivity index (χ1n) is 9.37. The number of hydrogen-bond donors (Lipinski definition) is 1. The summed E-state index contributed by atoms with van der Waals surface area (Å²) in [5.74, 6) is -5.72.